The van der Waals surface area contributed by atoms with Gasteiger partial charge in [0.25, 0.3) is 0 Å². The standard InChI is InChI=1S/C11H25NO2S/c1-5-6-7-15(13,14)11(4)9-12-8-10(2)3/h10-12H,5-9H2,1-4H3. The Kier molecular flexibility index (Phi) is 7.18. The van der Waals surface area contributed by atoms with Gasteiger partial charge in [-0.05, 0) is 25.8 Å². The Labute approximate surface area is 94.6 Å². The zero-order chi connectivity index (χ0) is 11.9. The molecule has 3 nitrogen and oxygen atoms in total. The Morgan fingerprint density at radius 1 is 1.13 bits per heavy atom. The van der Waals surface area contributed by atoms with E-state index in [4.69, 9.17) is 0 Å². The largest absolute Gasteiger partial charge is 0.315 e. The van der Waals surface area contributed by atoms with Crippen molar-refractivity contribution >= 4 is 9.84 Å². The second kappa shape index (κ2) is 7.23. The van der Waals surface area contributed by atoms with Gasteiger partial charge < -0.3 is 5.32 Å². The van der Waals surface area contributed by atoms with Crippen LogP contribution in [0.1, 0.15) is 40.5 Å². The molecule has 0 radical (unpaired) electrons. The summed E-state index contributed by atoms with van der Waals surface area (Å²) in [6, 6.07) is 0. The van der Waals surface area contributed by atoms with E-state index in [0.29, 0.717) is 18.2 Å². The van der Waals surface area contributed by atoms with Crippen molar-refractivity contribution in [2.75, 3.05) is 18.8 Å². The van der Waals surface area contributed by atoms with Crippen LogP contribution in [0.25, 0.3) is 0 Å². The van der Waals surface area contributed by atoms with Crippen molar-refractivity contribution in [2.45, 2.75) is 45.8 Å². The van der Waals surface area contributed by atoms with E-state index in [1.165, 1.54) is 0 Å². The van der Waals surface area contributed by atoms with Crippen molar-refractivity contribution in [1.82, 2.24) is 5.32 Å². The number of hydrogen-bond donors (Lipinski definition) is 1. The predicted molar refractivity (Wildman–Crippen MR) is 65.9 cm³/mol. The molecular formula is C11H25NO2S. The van der Waals surface area contributed by atoms with Gasteiger partial charge in [0, 0.05) is 6.54 Å². The molecule has 4 heteroatoms. The SMILES string of the molecule is CCCCS(=O)(=O)C(C)CNCC(C)C. The summed E-state index contributed by atoms with van der Waals surface area (Å²) in [5.41, 5.74) is 0. The van der Waals surface area contributed by atoms with E-state index in [9.17, 15) is 8.42 Å². The first-order valence-corrected chi connectivity index (χ1v) is 7.54. The van der Waals surface area contributed by atoms with Crippen LogP contribution < -0.4 is 5.32 Å². The Hall–Kier alpha value is -0.0900. The van der Waals surface area contributed by atoms with Crippen LogP contribution in [0, 0.1) is 5.92 Å². The lowest BCUT2D eigenvalue weighted by Gasteiger charge is -2.14. The second-order valence-electron chi connectivity index (χ2n) is 4.58. The van der Waals surface area contributed by atoms with E-state index in [1.807, 2.05) is 6.92 Å². The molecule has 1 atom stereocenters. The summed E-state index contributed by atoms with van der Waals surface area (Å²) in [5.74, 6) is 0.893. The molecule has 0 bridgehead atoms. The van der Waals surface area contributed by atoms with Crippen molar-refractivity contribution in [3.8, 4) is 0 Å². The maximum absolute atomic E-state index is 11.7. The predicted octanol–water partition coefficient (Wildman–Crippen LogP) is 1.84. The highest BCUT2D eigenvalue weighted by atomic mass is 32.2. The molecule has 0 aromatic heterocycles. The highest BCUT2D eigenvalue weighted by molar-refractivity contribution is 7.92. The molecule has 0 saturated heterocycles. The maximum Gasteiger partial charge on any atom is 0.154 e. The van der Waals surface area contributed by atoms with Crippen LogP contribution >= 0.6 is 0 Å². The van der Waals surface area contributed by atoms with Gasteiger partial charge in [0.15, 0.2) is 9.84 Å². The molecule has 0 saturated carbocycles. The molecule has 0 fully saturated rings. The van der Waals surface area contributed by atoms with Gasteiger partial charge in [-0.2, -0.15) is 0 Å². The van der Waals surface area contributed by atoms with Gasteiger partial charge >= 0.3 is 0 Å². The highest BCUT2D eigenvalue weighted by Gasteiger charge is 2.19. The summed E-state index contributed by atoms with van der Waals surface area (Å²) in [7, 11) is -2.88. The van der Waals surface area contributed by atoms with E-state index in [0.717, 1.165) is 19.4 Å². The Morgan fingerprint density at radius 2 is 1.73 bits per heavy atom. The van der Waals surface area contributed by atoms with Crippen molar-refractivity contribution < 1.29 is 8.42 Å². The number of unbranched alkanes of at least 4 members (excludes halogenated alkanes) is 1. The van der Waals surface area contributed by atoms with Gasteiger partial charge in [0.05, 0.1) is 11.0 Å². The van der Waals surface area contributed by atoms with Gasteiger partial charge in [-0.3, -0.25) is 0 Å². The molecule has 92 valence electrons. The van der Waals surface area contributed by atoms with Gasteiger partial charge in [-0.1, -0.05) is 27.2 Å². The van der Waals surface area contributed by atoms with Gasteiger partial charge in [0.1, 0.15) is 0 Å². The summed E-state index contributed by atoms with van der Waals surface area (Å²) in [5, 5.41) is 2.93. The number of rotatable bonds is 8. The summed E-state index contributed by atoms with van der Waals surface area (Å²) >= 11 is 0. The van der Waals surface area contributed by atoms with Crippen LogP contribution in [0.4, 0.5) is 0 Å². The third-order valence-corrected chi connectivity index (χ3v) is 4.63. The Balaban J connectivity index is 3.91. The zero-order valence-electron chi connectivity index (χ0n) is 10.4. The minimum atomic E-state index is -2.88. The lowest BCUT2D eigenvalue weighted by atomic mass is 10.2. The Morgan fingerprint density at radius 3 is 2.20 bits per heavy atom. The molecule has 0 aliphatic rings. The van der Waals surface area contributed by atoms with Crippen LogP contribution in [-0.2, 0) is 9.84 Å². The summed E-state index contributed by atoms with van der Waals surface area (Å²) < 4.78 is 23.5. The summed E-state index contributed by atoms with van der Waals surface area (Å²) in [6.07, 6.45) is 1.71. The quantitative estimate of drug-likeness (QED) is 0.698. The molecule has 0 aliphatic heterocycles. The van der Waals surface area contributed by atoms with Crippen LogP contribution in [0.3, 0.4) is 0 Å². The second-order valence-corrected chi connectivity index (χ2v) is 7.12. The summed E-state index contributed by atoms with van der Waals surface area (Å²) in [4.78, 5) is 0. The first kappa shape index (κ1) is 14.9. The van der Waals surface area contributed by atoms with E-state index >= 15 is 0 Å². The Bertz CT molecular complexity index is 247. The monoisotopic (exact) mass is 235 g/mol. The topological polar surface area (TPSA) is 46.2 Å². The van der Waals surface area contributed by atoms with Gasteiger partial charge in [0.2, 0.25) is 0 Å². The van der Waals surface area contributed by atoms with Crippen molar-refractivity contribution in [3.05, 3.63) is 0 Å². The fourth-order valence-corrected chi connectivity index (χ4v) is 2.71. The van der Waals surface area contributed by atoms with E-state index < -0.39 is 9.84 Å². The first-order valence-electron chi connectivity index (χ1n) is 5.82. The zero-order valence-corrected chi connectivity index (χ0v) is 11.2. The summed E-state index contributed by atoms with van der Waals surface area (Å²) in [6.45, 7) is 9.49. The van der Waals surface area contributed by atoms with E-state index in [1.54, 1.807) is 6.92 Å². The molecular weight excluding hydrogens is 210 g/mol. The van der Waals surface area contributed by atoms with Gasteiger partial charge in [-0.15, -0.1) is 0 Å². The number of sulfone groups is 1. The molecule has 0 aliphatic carbocycles. The fourth-order valence-electron chi connectivity index (χ4n) is 1.25. The van der Waals surface area contributed by atoms with Crippen molar-refractivity contribution in [3.63, 3.8) is 0 Å². The van der Waals surface area contributed by atoms with E-state index in [2.05, 4.69) is 19.2 Å². The maximum atomic E-state index is 11.7. The van der Waals surface area contributed by atoms with E-state index in [-0.39, 0.29) is 5.25 Å². The van der Waals surface area contributed by atoms with Crippen molar-refractivity contribution in [1.29, 1.82) is 0 Å². The molecule has 1 unspecified atom stereocenters. The minimum absolute atomic E-state index is 0.261. The van der Waals surface area contributed by atoms with Crippen LogP contribution in [-0.4, -0.2) is 32.5 Å². The fraction of sp³-hybridized carbons (Fsp3) is 1.00. The number of hydrogen-bond acceptors (Lipinski definition) is 3. The van der Waals surface area contributed by atoms with Crippen LogP contribution in [0.15, 0.2) is 0 Å². The number of nitrogens with one attached hydrogen (secondary N) is 1. The highest BCUT2D eigenvalue weighted by Crippen LogP contribution is 2.04. The first-order chi connectivity index (χ1) is 6.90. The molecule has 1 N–H and O–H groups in total. The average Bonchev–Trinajstić information content (AvgIpc) is 2.14. The smallest absolute Gasteiger partial charge is 0.154 e. The lowest BCUT2D eigenvalue weighted by molar-refractivity contribution is 0.534. The van der Waals surface area contributed by atoms with Crippen LogP contribution in [0.2, 0.25) is 0 Å². The normalized spacial score (nSPS) is 14.5. The molecule has 0 aromatic rings. The average molecular weight is 235 g/mol. The minimum Gasteiger partial charge on any atom is -0.315 e. The van der Waals surface area contributed by atoms with Gasteiger partial charge in [-0.25, -0.2) is 8.42 Å². The molecule has 0 heterocycles. The molecule has 0 amide bonds. The third-order valence-electron chi connectivity index (χ3n) is 2.38. The molecule has 0 rings (SSSR count). The molecule has 15 heavy (non-hydrogen) atoms. The molecule has 0 spiro atoms. The lowest BCUT2D eigenvalue weighted by Crippen LogP contribution is -2.34. The third kappa shape index (κ3) is 6.90. The molecule has 0 aromatic carbocycles. The van der Waals surface area contributed by atoms with Crippen LogP contribution in [0.5, 0.6) is 0 Å². The van der Waals surface area contributed by atoms with Crippen molar-refractivity contribution in [2.24, 2.45) is 5.92 Å².